The van der Waals surface area contributed by atoms with Gasteiger partial charge in [-0.15, -0.1) is 0 Å². The minimum absolute atomic E-state index is 1.08. The van der Waals surface area contributed by atoms with Gasteiger partial charge in [-0.3, -0.25) is 0 Å². The van der Waals surface area contributed by atoms with Crippen LogP contribution in [-0.2, 0) is 0 Å². The second-order valence-corrected chi connectivity index (χ2v) is 16.9. The summed E-state index contributed by atoms with van der Waals surface area (Å²) in [5.74, 6) is 0. The molecule has 12 aromatic rings. The Bertz CT molecular complexity index is 3680. The van der Waals surface area contributed by atoms with Gasteiger partial charge in [-0.2, -0.15) is 0 Å². The smallest absolute Gasteiger partial charge is 0.0547 e. The second-order valence-electron chi connectivity index (χ2n) is 16.9. The van der Waals surface area contributed by atoms with E-state index in [1.807, 2.05) is 0 Å². The Morgan fingerprint density at radius 2 is 0.758 bits per heavy atom. The summed E-state index contributed by atoms with van der Waals surface area (Å²) < 4.78 is 2.39. The van der Waals surface area contributed by atoms with Gasteiger partial charge in [0.15, 0.2) is 0 Å². The zero-order chi connectivity index (χ0) is 43.8. The molecule has 0 amide bonds. The van der Waals surface area contributed by atoms with Crippen LogP contribution in [0.3, 0.4) is 0 Å². The minimum Gasteiger partial charge on any atom is -0.310 e. The van der Waals surface area contributed by atoms with E-state index in [0.717, 1.165) is 33.9 Å². The standard InChI is InChI=1S/C64H44N2/c1-3-17-47(18-4-1)58-26-9-10-27-59(58)48-36-40-56(41-37-48)65(55-38-34-46(35-39-55)52-33-32-45-16-7-8-19-49(45)42-52)57-25-14-21-51(44-57)50-20-13-22-53(43-50)60-29-15-31-63-64(60)61-28-11-12-30-62(61)66(63)54-23-5-2-6-24-54/h1-44H. The van der Waals surface area contributed by atoms with Crippen LogP contribution >= 0.6 is 0 Å². The summed E-state index contributed by atoms with van der Waals surface area (Å²) in [6.07, 6.45) is 0. The third-order valence-electron chi connectivity index (χ3n) is 13.0. The first-order valence-electron chi connectivity index (χ1n) is 22.7. The molecule has 2 nitrogen and oxygen atoms in total. The Balaban J connectivity index is 0.949. The van der Waals surface area contributed by atoms with Crippen LogP contribution in [0.25, 0.3) is 93.9 Å². The summed E-state index contributed by atoms with van der Waals surface area (Å²) in [5, 5.41) is 5.00. The zero-order valence-electron chi connectivity index (χ0n) is 36.3. The molecule has 0 aliphatic rings. The number of anilines is 3. The number of aromatic nitrogens is 1. The third-order valence-corrected chi connectivity index (χ3v) is 13.0. The van der Waals surface area contributed by atoms with Crippen LogP contribution in [0.1, 0.15) is 0 Å². The van der Waals surface area contributed by atoms with Gasteiger partial charge in [0, 0.05) is 33.5 Å². The molecule has 310 valence electrons. The number of para-hydroxylation sites is 2. The Hall–Kier alpha value is -8.72. The molecule has 1 heterocycles. The van der Waals surface area contributed by atoms with Gasteiger partial charge in [0.2, 0.25) is 0 Å². The van der Waals surface area contributed by atoms with Crippen molar-refractivity contribution < 1.29 is 0 Å². The van der Waals surface area contributed by atoms with Gasteiger partial charge >= 0.3 is 0 Å². The van der Waals surface area contributed by atoms with Gasteiger partial charge in [0.05, 0.1) is 11.0 Å². The van der Waals surface area contributed by atoms with Crippen molar-refractivity contribution in [3.63, 3.8) is 0 Å². The lowest BCUT2D eigenvalue weighted by Gasteiger charge is -2.26. The average Bonchev–Trinajstić information content (AvgIpc) is 3.74. The molecule has 12 rings (SSSR count). The van der Waals surface area contributed by atoms with Crippen molar-refractivity contribution in [2.75, 3.05) is 4.90 Å². The summed E-state index contributed by atoms with van der Waals surface area (Å²) in [7, 11) is 0. The molecule has 2 heteroatoms. The number of fused-ring (bicyclic) bond motifs is 4. The number of hydrogen-bond donors (Lipinski definition) is 0. The lowest BCUT2D eigenvalue weighted by Crippen LogP contribution is -2.10. The number of benzene rings is 11. The van der Waals surface area contributed by atoms with Crippen LogP contribution in [0, 0.1) is 0 Å². The summed E-state index contributed by atoms with van der Waals surface area (Å²) in [5.41, 5.74) is 18.8. The molecule has 0 saturated carbocycles. The Morgan fingerprint density at radius 1 is 0.258 bits per heavy atom. The average molecular weight is 841 g/mol. The highest BCUT2D eigenvalue weighted by Crippen LogP contribution is 2.42. The van der Waals surface area contributed by atoms with E-state index in [0.29, 0.717) is 0 Å². The summed E-state index contributed by atoms with van der Waals surface area (Å²) >= 11 is 0. The molecule has 0 bridgehead atoms. The molecule has 0 aliphatic heterocycles. The molecule has 0 atom stereocenters. The van der Waals surface area contributed by atoms with Crippen molar-refractivity contribution in [1.29, 1.82) is 0 Å². The first-order valence-corrected chi connectivity index (χ1v) is 22.7. The third kappa shape index (κ3) is 7.12. The largest absolute Gasteiger partial charge is 0.310 e. The molecule has 1 aromatic heterocycles. The molecular weight excluding hydrogens is 797 g/mol. The van der Waals surface area contributed by atoms with E-state index in [2.05, 4.69) is 276 Å². The van der Waals surface area contributed by atoms with E-state index in [1.165, 1.54) is 77.1 Å². The van der Waals surface area contributed by atoms with Crippen LogP contribution < -0.4 is 4.90 Å². The summed E-state index contributed by atoms with van der Waals surface area (Å²) in [4.78, 5) is 2.38. The van der Waals surface area contributed by atoms with Crippen molar-refractivity contribution in [1.82, 2.24) is 4.57 Å². The van der Waals surface area contributed by atoms with E-state index in [9.17, 15) is 0 Å². The van der Waals surface area contributed by atoms with Crippen molar-refractivity contribution in [2.24, 2.45) is 0 Å². The lowest BCUT2D eigenvalue weighted by atomic mass is 9.94. The molecule has 0 radical (unpaired) electrons. The van der Waals surface area contributed by atoms with E-state index >= 15 is 0 Å². The van der Waals surface area contributed by atoms with E-state index < -0.39 is 0 Å². The molecule has 11 aromatic carbocycles. The van der Waals surface area contributed by atoms with Gasteiger partial charge in [0.1, 0.15) is 0 Å². The van der Waals surface area contributed by atoms with Gasteiger partial charge in [0.25, 0.3) is 0 Å². The number of nitrogens with zero attached hydrogens (tertiary/aromatic N) is 2. The molecular formula is C64H44N2. The van der Waals surface area contributed by atoms with Crippen molar-refractivity contribution in [3.05, 3.63) is 267 Å². The zero-order valence-corrected chi connectivity index (χ0v) is 36.3. The molecule has 0 saturated heterocycles. The van der Waals surface area contributed by atoms with Crippen molar-refractivity contribution >= 4 is 49.6 Å². The highest BCUT2D eigenvalue weighted by molar-refractivity contribution is 6.16. The Labute approximate surface area is 385 Å². The number of rotatable bonds is 9. The second kappa shape index (κ2) is 16.8. The van der Waals surface area contributed by atoms with Crippen molar-refractivity contribution in [3.8, 4) is 61.3 Å². The molecule has 0 spiro atoms. The van der Waals surface area contributed by atoms with Crippen LogP contribution in [0.15, 0.2) is 267 Å². The van der Waals surface area contributed by atoms with E-state index in [-0.39, 0.29) is 0 Å². The molecule has 0 N–H and O–H groups in total. The predicted molar refractivity (Wildman–Crippen MR) is 280 cm³/mol. The van der Waals surface area contributed by atoms with E-state index in [4.69, 9.17) is 0 Å². The number of hydrogen-bond acceptors (Lipinski definition) is 1. The van der Waals surface area contributed by atoms with Crippen molar-refractivity contribution in [2.45, 2.75) is 0 Å². The first-order chi connectivity index (χ1) is 32.7. The molecule has 66 heavy (non-hydrogen) atoms. The van der Waals surface area contributed by atoms with Crippen LogP contribution in [-0.4, -0.2) is 4.57 Å². The Morgan fingerprint density at radius 3 is 1.52 bits per heavy atom. The maximum Gasteiger partial charge on any atom is 0.0547 e. The van der Waals surface area contributed by atoms with Crippen LogP contribution in [0.4, 0.5) is 17.1 Å². The van der Waals surface area contributed by atoms with Crippen LogP contribution in [0.2, 0.25) is 0 Å². The first kappa shape index (κ1) is 38.9. The van der Waals surface area contributed by atoms with Gasteiger partial charge in [-0.25, -0.2) is 0 Å². The SMILES string of the molecule is c1ccc(-c2ccccc2-c2ccc(N(c3ccc(-c4ccc5ccccc5c4)cc3)c3cccc(-c4cccc(-c5cccc6c5c5ccccc5n6-c5ccccc5)c4)c3)cc2)cc1. The maximum atomic E-state index is 2.39. The monoisotopic (exact) mass is 840 g/mol. The highest BCUT2D eigenvalue weighted by Gasteiger charge is 2.18. The fourth-order valence-electron chi connectivity index (χ4n) is 9.82. The predicted octanol–water partition coefficient (Wildman–Crippen LogP) is 17.7. The molecule has 0 unspecified atom stereocenters. The molecule has 0 fully saturated rings. The van der Waals surface area contributed by atoms with Gasteiger partial charge < -0.3 is 9.47 Å². The maximum absolute atomic E-state index is 2.39. The summed E-state index contributed by atoms with van der Waals surface area (Å²) in [6, 6.07) is 96.8. The lowest BCUT2D eigenvalue weighted by molar-refractivity contribution is 1.18. The normalized spacial score (nSPS) is 11.3. The highest BCUT2D eigenvalue weighted by atomic mass is 15.1. The van der Waals surface area contributed by atoms with Gasteiger partial charge in [-0.1, -0.05) is 194 Å². The minimum atomic E-state index is 1.08. The summed E-state index contributed by atoms with van der Waals surface area (Å²) in [6.45, 7) is 0. The topological polar surface area (TPSA) is 8.17 Å². The fraction of sp³-hybridized carbons (Fsp3) is 0. The fourth-order valence-corrected chi connectivity index (χ4v) is 9.82. The Kier molecular flexibility index (Phi) is 9.89. The van der Waals surface area contributed by atoms with Crippen LogP contribution in [0.5, 0.6) is 0 Å². The van der Waals surface area contributed by atoms with E-state index in [1.54, 1.807) is 0 Å². The molecule has 0 aliphatic carbocycles. The quantitative estimate of drug-likeness (QED) is 0.141. The van der Waals surface area contributed by atoms with Gasteiger partial charge in [-0.05, 0) is 139 Å².